The maximum absolute atomic E-state index is 11.5. The number of carbonyl (C=O) groups excluding carboxylic acids is 1. The van der Waals surface area contributed by atoms with Crippen LogP contribution < -0.4 is 4.72 Å². The molecule has 0 aromatic heterocycles. The lowest BCUT2D eigenvalue weighted by molar-refractivity contribution is -0.144. The van der Waals surface area contributed by atoms with Crippen LogP contribution >= 0.6 is 0 Å². The Hall–Kier alpha value is -1.66. The second-order valence-electron chi connectivity index (χ2n) is 3.67. The van der Waals surface area contributed by atoms with Gasteiger partial charge in [0.2, 0.25) is 10.0 Å². The third-order valence-electron chi connectivity index (χ3n) is 2.19. The van der Waals surface area contributed by atoms with E-state index >= 15 is 0 Å². The van der Waals surface area contributed by atoms with Crippen molar-refractivity contribution in [3.63, 3.8) is 0 Å². The normalized spacial score (nSPS) is 14.2. The molecule has 0 aliphatic rings. The van der Waals surface area contributed by atoms with Crippen LogP contribution in [-0.2, 0) is 24.3 Å². The quantitative estimate of drug-likeness (QED) is 0.582. The Morgan fingerprint density at radius 1 is 1.47 bits per heavy atom. The second-order valence-corrected chi connectivity index (χ2v) is 5.70. The van der Waals surface area contributed by atoms with Gasteiger partial charge in [-0.1, -0.05) is 0 Å². The zero-order valence-electron chi connectivity index (χ0n) is 10.6. The van der Waals surface area contributed by atoms with E-state index in [1.165, 1.54) is 6.07 Å². The molecular weight excluding hydrogens is 276 g/mol. The van der Waals surface area contributed by atoms with Crippen molar-refractivity contribution in [2.45, 2.75) is 38.0 Å². The third kappa shape index (κ3) is 6.17. The van der Waals surface area contributed by atoms with Gasteiger partial charge in [-0.2, -0.15) is 9.98 Å². The Bertz CT molecular complexity index is 467. The number of sulfonamides is 1. The summed E-state index contributed by atoms with van der Waals surface area (Å²) in [6.45, 7) is 2.89. The minimum absolute atomic E-state index is 0.160. The number of carboxylic acids is 1. The predicted octanol–water partition coefficient (Wildman–Crippen LogP) is -0.386. The average molecular weight is 292 g/mol. The van der Waals surface area contributed by atoms with Crippen molar-refractivity contribution >= 4 is 22.0 Å². The summed E-state index contributed by atoms with van der Waals surface area (Å²) in [4.78, 5) is 22.0. The van der Waals surface area contributed by atoms with E-state index in [0.717, 1.165) is 6.92 Å². The van der Waals surface area contributed by atoms with Crippen LogP contribution in [0.15, 0.2) is 0 Å². The van der Waals surface area contributed by atoms with Gasteiger partial charge in [-0.3, -0.25) is 9.59 Å². The van der Waals surface area contributed by atoms with E-state index in [9.17, 15) is 18.0 Å². The number of rotatable bonds is 8. The minimum Gasteiger partial charge on any atom is -0.480 e. The van der Waals surface area contributed by atoms with Gasteiger partial charge in [-0.05, 0) is 20.3 Å². The molecule has 0 spiro atoms. The first kappa shape index (κ1) is 17.3. The minimum atomic E-state index is -4.06. The number of nitrogens with one attached hydrogen (secondary N) is 1. The van der Waals surface area contributed by atoms with Gasteiger partial charge in [0.1, 0.15) is 6.04 Å². The summed E-state index contributed by atoms with van der Waals surface area (Å²) in [5.41, 5.74) is 0. The summed E-state index contributed by atoms with van der Waals surface area (Å²) in [5.74, 6) is -2.03. The molecule has 0 radical (unpaired) electrons. The van der Waals surface area contributed by atoms with Crippen LogP contribution in [0.5, 0.6) is 0 Å². The Labute approximate surface area is 111 Å². The van der Waals surface area contributed by atoms with Gasteiger partial charge in [-0.15, -0.1) is 0 Å². The van der Waals surface area contributed by atoms with Crippen molar-refractivity contribution in [2.75, 3.05) is 6.61 Å². The maximum atomic E-state index is 11.5. The molecule has 0 saturated heterocycles. The van der Waals surface area contributed by atoms with Crippen molar-refractivity contribution in [3.05, 3.63) is 0 Å². The summed E-state index contributed by atoms with van der Waals surface area (Å²) < 4.78 is 29.6. The number of ether oxygens (including phenoxy) is 1. The standard InChI is InChI=1S/C10H16N2O6S/c1-3-18-9(13)5-4-8(10(14)15)12-19(16,17)7(2)6-11/h7-8,12H,3-5H2,1-2H3,(H,14,15)/t7?,8-/m0/s1. The molecule has 0 saturated carbocycles. The Kier molecular flexibility index (Phi) is 7.03. The van der Waals surface area contributed by atoms with Gasteiger partial charge in [-0.25, -0.2) is 8.42 Å². The highest BCUT2D eigenvalue weighted by Crippen LogP contribution is 2.05. The van der Waals surface area contributed by atoms with Gasteiger partial charge >= 0.3 is 11.9 Å². The zero-order valence-corrected chi connectivity index (χ0v) is 11.4. The molecule has 0 heterocycles. The van der Waals surface area contributed by atoms with Crippen LogP contribution in [0.25, 0.3) is 0 Å². The summed E-state index contributed by atoms with van der Waals surface area (Å²) in [7, 11) is -4.06. The molecule has 108 valence electrons. The van der Waals surface area contributed by atoms with Crippen LogP contribution in [-0.4, -0.2) is 43.4 Å². The molecule has 0 fully saturated rings. The number of esters is 1. The van der Waals surface area contributed by atoms with Gasteiger partial charge in [0, 0.05) is 6.42 Å². The number of aliphatic carboxylic acids is 1. The van der Waals surface area contributed by atoms with Gasteiger partial charge in [0.15, 0.2) is 5.25 Å². The summed E-state index contributed by atoms with van der Waals surface area (Å²) in [6, 6.07) is 0.0322. The summed E-state index contributed by atoms with van der Waals surface area (Å²) in [6.07, 6.45) is -0.472. The Balaban J connectivity index is 4.65. The van der Waals surface area contributed by atoms with Crippen molar-refractivity contribution in [2.24, 2.45) is 0 Å². The SMILES string of the molecule is CCOC(=O)CC[C@H](NS(=O)(=O)C(C)C#N)C(=O)O. The van der Waals surface area contributed by atoms with E-state index in [1.807, 2.05) is 4.72 Å². The van der Waals surface area contributed by atoms with E-state index in [2.05, 4.69) is 4.74 Å². The molecule has 2 N–H and O–H groups in total. The van der Waals surface area contributed by atoms with Gasteiger partial charge in [0.05, 0.1) is 12.7 Å². The fourth-order valence-electron chi connectivity index (χ4n) is 1.10. The van der Waals surface area contributed by atoms with Crippen LogP contribution in [0.1, 0.15) is 26.7 Å². The van der Waals surface area contributed by atoms with Crippen molar-refractivity contribution < 1.29 is 27.9 Å². The van der Waals surface area contributed by atoms with E-state index < -0.39 is 33.3 Å². The summed E-state index contributed by atoms with van der Waals surface area (Å²) >= 11 is 0. The van der Waals surface area contributed by atoms with Gasteiger partial charge < -0.3 is 9.84 Å². The molecule has 2 atom stereocenters. The lowest BCUT2D eigenvalue weighted by Gasteiger charge is -2.15. The number of nitrogens with zero attached hydrogens (tertiary/aromatic N) is 1. The van der Waals surface area contributed by atoms with Crippen LogP contribution in [0.3, 0.4) is 0 Å². The molecule has 1 unspecified atom stereocenters. The van der Waals surface area contributed by atoms with Crippen molar-refractivity contribution in [1.29, 1.82) is 5.26 Å². The largest absolute Gasteiger partial charge is 0.480 e. The van der Waals surface area contributed by atoms with Gasteiger partial charge in [0.25, 0.3) is 0 Å². The molecule has 0 rings (SSSR count). The average Bonchev–Trinajstić information content (AvgIpc) is 2.33. The topological polar surface area (TPSA) is 134 Å². The molecule has 0 amide bonds. The lowest BCUT2D eigenvalue weighted by atomic mass is 10.2. The molecule has 19 heavy (non-hydrogen) atoms. The van der Waals surface area contributed by atoms with Crippen molar-refractivity contribution in [3.8, 4) is 6.07 Å². The number of carboxylic acid groups (broad SMARTS) is 1. The van der Waals surface area contributed by atoms with E-state index in [-0.39, 0.29) is 19.4 Å². The maximum Gasteiger partial charge on any atom is 0.321 e. The smallest absolute Gasteiger partial charge is 0.321 e. The molecule has 0 aliphatic carbocycles. The first-order chi connectivity index (χ1) is 8.74. The fourth-order valence-corrected chi connectivity index (χ4v) is 2.06. The Morgan fingerprint density at radius 2 is 2.05 bits per heavy atom. The predicted molar refractivity (Wildman–Crippen MR) is 64.4 cm³/mol. The highest BCUT2D eigenvalue weighted by Gasteiger charge is 2.28. The highest BCUT2D eigenvalue weighted by atomic mass is 32.2. The lowest BCUT2D eigenvalue weighted by Crippen LogP contribution is -2.44. The number of nitriles is 1. The molecule has 0 aliphatic heterocycles. The van der Waals surface area contributed by atoms with Crippen LogP contribution in [0, 0.1) is 11.3 Å². The van der Waals surface area contributed by atoms with Crippen molar-refractivity contribution in [1.82, 2.24) is 4.72 Å². The molecule has 9 heteroatoms. The molecule has 8 nitrogen and oxygen atoms in total. The zero-order chi connectivity index (χ0) is 15.1. The van der Waals surface area contributed by atoms with E-state index in [0.29, 0.717) is 0 Å². The molecule has 0 aromatic carbocycles. The van der Waals surface area contributed by atoms with Crippen LogP contribution in [0.4, 0.5) is 0 Å². The number of carbonyl (C=O) groups is 2. The first-order valence-electron chi connectivity index (χ1n) is 5.53. The molecule has 0 bridgehead atoms. The first-order valence-corrected chi connectivity index (χ1v) is 7.08. The molecular formula is C10H16N2O6S. The molecule has 0 aromatic rings. The highest BCUT2D eigenvalue weighted by molar-refractivity contribution is 7.90. The second kappa shape index (κ2) is 7.70. The third-order valence-corrected chi connectivity index (χ3v) is 3.84. The Morgan fingerprint density at radius 3 is 2.47 bits per heavy atom. The van der Waals surface area contributed by atoms with Crippen LogP contribution in [0.2, 0.25) is 0 Å². The fraction of sp³-hybridized carbons (Fsp3) is 0.700. The number of hydrogen-bond donors (Lipinski definition) is 2. The number of hydrogen-bond acceptors (Lipinski definition) is 6. The summed E-state index contributed by atoms with van der Waals surface area (Å²) in [5, 5.41) is 16.0. The monoisotopic (exact) mass is 292 g/mol. The van der Waals surface area contributed by atoms with E-state index in [1.54, 1.807) is 6.92 Å². The van der Waals surface area contributed by atoms with E-state index in [4.69, 9.17) is 10.4 Å².